The van der Waals surface area contributed by atoms with Crippen molar-refractivity contribution < 1.29 is 10.0 Å². The van der Waals surface area contributed by atoms with Crippen LogP contribution in [0.2, 0.25) is 0 Å². The summed E-state index contributed by atoms with van der Waals surface area (Å²) < 4.78 is 0. The quantitative estimate of drug-likeness (QED) is 0.404. The fourth-order valence-corrected chi connectivity index (χ4v) is 3.90. The second kappa shape index (κ2) is 9.44. The maximum Gasteiger partial charge on any atom is 0.269 e. The molecular formula is C20H35N3O3. The zero-order valence-electron chi connectivity index (χ0n) is 17.4. The summed E-state index contributed by atoms with van der Waals surface area (Å²) in [5, 5.41) is 22.4. The number of nitro benzene ring substituents is 1. The van der Waals surface area contributed by atoms with Crippen molar-refractivity contribution in [2.75, 3.05) is 0 Å². The molecule has 0 aliphatic rings. The van der Waals surface area contributed by atoms with E-state index in [0.29, 0.717) is 0 Å². The lowest BCUT2D eigenvalue weighted by atomic mass is 9.97. The Kier molecular flexibility index (Phi) is 8.18. The van der Waals surface area contributed by atoms with Gasteiger partial charge in [0.2, 0.25) is 0 Å². The molecule has 1 aromatic rings. The van der Waals surface area contributed by atoms with Crippen molar-refractivity contribution in [2.45, 2.75) is 91.8 Å². The Morgan fingerprint density at radius 1 is 0.808 bits per heavy atom. The molecule has 0 heterocycles. The third kappa shape index (κ3) is 5.25. The number of aliphatic hydroxyl groups excluding tert-OH is 1. The maximum atomic E-state index is 11.4. The summed E-state index contributed by atoms with van der Waals surface area (Å²) >= 11 is 0. The fraction of sp³-hybridized carbons (Fsp3) is 0.700. The van der Waals surface area contributed by atoms with Crippen molar-refractivity contribution >= 4 is 5.69 Å². The first-order valence-electron chi connectivity index (χ1n) is 9.46. The van der Waals surface area contributed by atoms with Crippen LogP contribution in [0.1, 0.15) is 67.0 Å². The van der Waals surface area contributed by atoms with Crippen molar-refractivity contribution in [1.82, 2.24) is 9.80 Å². The van der Waals surface area contributed by atoms with E-state index in [1.165, 1.54) is 12.1 Å². The van der Waals surface area contributed by atoms with Gasteiger partial charge in [-0.2, -0.15) is 0 Å². The van der Waals surface area contributed by atoms with Gasteiger partial charge in [-0.1, -0.05) is 12.1 Å². The van der Waals surface area contributed by atoms with Crippen LogP contribution in [-0.4, -0.2) is 50.2 Å². The molecule has 1 aromatic carbocycles. The number of nitrogens with zero attached hydrogens (tertiary/aromatic N) is 3. The Morgan fingerprint density at radius 2 is 1.19 bits per heavy atom. The van der Waals surface area contributed by atoms with Crippen molar-refractivity contribution in [1.29, 1.82) is 0 Å². The van der Waals surface area contributed by atoms with Gasteiger partial charge in [0.1, 0.15) is 6.23 Å². The van der Waals surface area contributed by atoms with E-state index in [1.54, 1.807) is 12.1 Å². The molecule has 26 heavy (non-hydrogen) atoms. The first-order chi connectivity index (χ1) is 12.0. The van der Waals surface area contributed by atoms with Crippen LogP contribution in [0.25, 0.3) is 0 Å². The van der Waals surface area contributed by atoms with Gasteiger partial charge < -0.3 is 5.11 Å². The number of benzene rings is 1. The largest absolute Gasteiger partial charge is 0.376 e. The minimum Gasteiger partial charge on any atom is -0.376 e. The van der Waals surface area contributed by atoms with Crippen molar-refractivity contribution in [2.24, 2.45) is 0 Å². The van der Waals surface area contributed by atoms with E-state index in [4.69, 9.17) is 0 Å². The maximum absolute atomic E-state index is 11.4. The zero-order valence-corrected chi connectivity index (χ0v) is 17.4. The molecule has 148 valence electrons. The number of nitro groups is 1. The molecule has 0 amide bonds. The first-order valence-corrected chi connectivity index (χ1v) is 9.46. The van der Waals surface area contributed by atoms with Crippen molar-refractivity contribution in [3.63, 3.8) is 0 Å². The van der Waals surface area contributed by atoms with Gasteiger partial charge in [0.15, 0.2) is 0 Å². The zero-order chi connectivity index (χ0) is 20.2. The highest BCUT2D eigenvalue weighted by molar-refractivity contribution is 5.34. The molecule has 6 nitrogen and oxygen atoms in total. The predicted octanol–water partition coefficient (Wildman–Crippen LogP) is 4.19. The Hall–Kier alpha value is -1.50. The van der Waals surface area contributed by atoms with Gasteiger partial charge in [0, 0.05) is 36.3 Å². The lowest BCUT2D eigenvalue weighted by molar-refractivity contribution is -0.384. The summed E-state index contributed by atoms with van der Waals surface area (Å²) in [5.74, 6) is 0. The topological polar surface area (TPSA) is 69.8 Å². The van der Waals surface area contributed by atoms with Gasteiger partial charge >= 0.3 is 0 Å². The number of non-ortho nitro benzene ring substituents is 1. The molecule has 0 fully saturated rings. The van der Waals surface area contributed by atoms with Crippen molar-refractivity contribution in [3.8, 4) is 0 Å². The predicted molar refractivity (Wildman–Crippen MR) is 106 cm³/mol. The highest BCUT2D eigenvalue weighted by Gasteiger charge is 2.36. The van der Waals surface area contributed by atoms with Gasteiger partial charge in [-0.05, 0) is 61.0 Å². The smallest absolute Gasteiger partial charge is 0.269 e. The minimum absolute atomic E-state index is 0.0622. The van der Waals surface area contributed by atoms with E-state index in [2.05, 4.69) is 65.2 Å². The second-order valence-electron chi connectivity index (χ2n) is 7.98. The van der Waals surface area contributed by atoms with E-state index < -0.39 is 11.2 Å². The minimum atomic E-state index is -0.721. The summed E-state index contributed by atoms with van der Waals surface area (Å²) in [5.41, 5.74) is 0.948. The summed E-state index contributed by atoms with van der Waals surface area (Å²) in [6, 6.07) is 7.06. The average molecular weight is 366 g/mol. The lowest BCUT2D eigenvalue weighted by Gasteiger charge is -2.46. The Bertz CT molecular complexity index is 554. The molecule has 2 unspecified atom stereocenters. The van der Waals surface area contributed by atoms with Gasteiger partial charge in [-0.25, -0.2) is 0 Å². The van der Waals surface area contributed by atoms with Gasteiger partial charge in [0.05, 0.1) is 11.0 Å². The van der Waals surface area contributed by atoms with Crippen molar-refractivity contribution in [3.05, 3.63) is 39.9 Å². The molecule has 0 saturated heterocycles. The molecule has 0 aliphatic heterocycles. The number of hydrogen-bond donors (Lipinski definition) is 1. The Morgan fingerprint density at radius 3 is 1.50 bits per heavy atom. The van der Waals surface area contributed by atoms with Crippen LogP contribution in [0, 0.1) is 10.1 Å². The average Bonchev–Trinajstić information content (AvgIpc) is 2.50. The highest BCUT2D eigenvalue weighted by Crippen LogP contribution is 2.33. The molecule has 0 saturated carbocycles. The molecule has 0 aliphatic carbocycles. The van der Waals surface area contributed by atoms with Gasteiger partial charge in [-0.15, -0.1) is 0 Å². The SMILES string of the molecule is CC(C)N(C(C)C)C(O)C(c1ccc([N+](=O)[O-])cc1)N(C(C)C)C(C)C. The normalized spacial score (nSPS) is 14.9. The first kappa shape index (κ1) is 22.5. The van der Waals surface area contributed by atoms with E-state index in [9.17, 15) is 15.2 Å². The van der Waals surface area contributed by atoms with E-state index in [1.807, 2.05) is 0 Å². The number of aliphatic hydroxyl groups is 1. The summed E-state index contributed by atoms with van der Waals surface area (Å²) in [6.45, 7) is 16.7. The summed E-state index contributed by atoms with van der Waals surface area (Å²) in [4.78, 5) is 14.9. The van der Waals surface area contributed by atoms with Crippen LogP contribution in [0.15, 0.2) is 24.3 Å². The summed E-state index contributed by atoms with van der Waals surface area (Å²) in [6.07, 6.45) is -0.721. The monoisotopic (exact) mass is 365 g/mol. The molecule has 1 rings (SSSR count). The third-order valence-electron chi connectivity index (χ3n) is 4.74. The molecule has 1 N–H and O–H groups in total. The molecule has 6 heteroatoms. The summed E-state index contributed by atoms with van der Waals surface area (Å²) in [7, 11) is 0. The molecule has 2 atom stereocenters. The number of rotatable bonds is 9. The Labute approximate surface area is 158 Å². The molecule has 0 bridgehead atoms. The number of hydrogen-bond acceptors (Lipinski definition) is 5. The standard InChI is InChI=1S/C20H35N3O3/c1-13(2)21(14(3)4)19(20(24)22(15(5)6)16(7)8)17-9-11-18(12-10-17)23(25)26/h9-16,19-20,24H,1-8H3. The third-order valence-corrected chi connectivity index (χ3v) is 4.74. The molecule has 0 aromatic heterocycles. The molecule has 0 radical (unpaired) electrons. The van der Waals surface area contributed by atoms with Gasteiger partial charge in [-0.3, -0.25) is 19.9 Å². The molecular weight excluding hydrogens is 330 g/mol. The lowest BCUT2D eigenvalue weighted by Crippen LogP contribution is -2.54. The molecule has 0 spiro atoms. The van der Waals surface area contributed by atoms with E-state index in [-0.39, 0.29) is 35.9 Å². The second-order valence-corrected chi connectivity index (χ2v) is 7.98. The van der Waals surface area contributed by atoms with Crippen LogP contribution in [0.5, 0.6) is 0 Å². The van der Waals surface area contributed by atoms with E-state index in [0.717, 1.165) is 5.56 Å². The van der Waals surface area contributed by atoms with Crippen LogP contribution >= 0.6 is 0 Å². The van der Waals surface area contributed by atoms with Crippen LogP contribution in [-0.2, 0) is 0 Å². The Balaban J connectivity index is 3.44. The fourth-order valence-electron chi connectivity index (χ4n) is 3.90. The highest BCUT2D eigenvalue weighted by atomic mass is 16.6. The van der Waals surface area contributed by atoms with Crippen LogP contribution < -0.4 is 0 Å². The van der Waals surface area contributed by atoms with Gasteiger partial charge in [0.25, 0.3) is 5.69 Å². The van der Waals surface area contributed by atoms with Crippen LogP contribution in [0.4, 0.5) is 5.69 Å². The van der Waals surface area contributed by atoms with Crippen LogP contribution in [0.3, 0.4) is 0 Å². The van der Waals surface area contributed by atoms with E-state index >= 15 is 0 Å².